The Bertz CT molecular complexity index is 1010. The number of ether oxygens (including phenoxy) is 3. The van der Waals surface area contributed by atoms with Crippen molar-refractivity contribution in [2.75, 3.05) is 14.2 Å². The lowest BCUT2D eigenvalue weighted by atomic mass is 9.86. The number of hydrogen-bond donors (Lipinski definition) is 1. The van der Waals surface area contributed by atoms with Crippen LogP contribution in [-0.2, 0) is 29.0 Å². The standard InChI is InChI=1S/C22H22ClNO4/c1-26-20-10-17-16-9-14(5-8-18(16)24-19(17)11-21(20)27-2)22(25)28-12-13-3-6-15(23)7-4-13/h3-4,6-7,10-11,14,24H,5,8-9,12H2,1-2H3. The van der Waals surface area contributed by atoms with Crippen molar-refractivity contribution in [3.63, 3.8) is 0 Å². The van der Waals surface area contributed by atoms with Crippen molar-refractivity contribution in [3.8, 4) is 11.5 Å². The first kappa shape index (κ1) is 18.7. The van der Waals surface area contributed by atoms with Crippen molar-refractivity contribution >= 4 is 28.5 Å². The van der Waals surface area contributed by atoms with Gasteiger partial charge in [-0.15, -0.1) is 0 Å². The van der Waals surface area contributed by atoms with E-state index >= 15 is 0 Å². The first-order chi connectivity index (χ1) is 13.6. The molecule has 0 aliphatic heterocycles. The highest BCUT2D eigenvalue weighted by atomic mass is 35.5. The highest BCUT2D eigenvalue weighted by Gasteiger charge is 2.29. The van der Waals surface area contributed by atoms with Crippen molar-refractivity contribution in [1.82, 2.24) is 4.98 Å². The van der Waals surface area contributed by atoms with Crippen LogP contribution >= 0.6 is 11.6 Å². The van der Waals surface area contributed by atoms with Crippen LogP contribution in [0.2, 0.25) is 5.02 Å². The largest absolute Gasteiger partial charge is 0.493 e. The fourth-order valence-corrected chi connectivity index (χ4v) is 3.93. The lowest BCUT2D eigenvalue weighted by molar-refractivity contribution is -0.150. The van der Waals surface area contributed by atoms with Gasteiger partial charge in [0.2, 0.25) is 0 Å². The summed E-state index contributed by atoms with van der Waals surface area (Å²) in [5, 5.41) is 1.74. The van der Waals surface area contributed by atoms with Crippen LogP contribution < -0.4 is 9.47 Å². The Balaban J connectivity index is 1.51. The van der Waals surface area contributed by atoms with E-state index in [0.717, 1.165) is 34.9 Å². The third kappa shape index (κ3) is 3.54. The first-order valence-electron chi connectivity index (χ1n) is 9.25. The Kier molecular flexibility index (Phi) is 5.18. The number of methoxy groups -OCH3 is 2. The molecular formula is C22H22ClNO4. The molecular weight excluding hydrogens is 378 g/mol. The molecule has 1 atom stereocenters. The number of aromatic nitrogens is 1. The second-order valence-corrected chi connectivity index (χ2v) is 7.45. The number of halogens is 1. The number of aryl methyl sites for hydroxylation is 1. The number of carbonyl (C=O) groups is 1. The second kappa shape index (κ2) is 7.76. The van der Waals surface area contributed by atoms with Gasteiger partial charge in [0.25, 0.3) is 0 Å². The molecule has 4 rings (SSSR count). The molecule has 1 aliphatic carbocycles. The van der Waals surface area contributed by atoms with Gasteiger partial charge in [-0.1, -0.05) is 23.7 Å². The van der Waals surface area contributed by atoms with Crippen LogP contribution in [-0.4, -0.2) is 25.2 Å². The molecule has 0 bridgehead atoms. The Morgan fingerprint density at radius 3 is 2.57 bits per heavy atom. The van der Waals surface area contributed by atoms with E-state index in [-0.39, 0.29) is 18.5 Å². The van der Waals surface area contributed by atoms with E-state index in [1.807, 2.05) is 24.3 Å². The normalized spacial score (nSPS) is 15.9. The molecule has 1 aliphatic rings. The maximum Gasteiger partial charge on any atom is 0.309 e. The maximum atomic E-state index is 12.6. The molecule has 6 heteroatoms. The molecule has 146 valence electrons. The van der Waals surface area contributed by atoms with Crippen LogP contribution in [0.1, 0.15) is 23.2 Å². The zero-order chi connectivity index (χ0) is 19.7. The van der Waals surface area contributed by atoms with Crippen molar-refractivity contribution in [1.29, 1.82) is 0 Å². The van der Waals surface area contributed by atoms with E-state index in [0.29, 0.717) is 22.9 Å². The van der Waals surface area contributed by atoms with Gasteiger partial charge in [-0.05, 0) is 48.6 Å². The summed E-state index contributed by atoms with van der Waals surface area (Å²) in [5.74, 6) is 1.07. The minimum Gasteiger partial charge on any atom is -0.493 e. The summed E-state index contributed by atoms with van der Waals surface area (Å²) in [7, 11) is 3.25. The molecule has 1 N–H and O–H groups in total. The van der Waals surface area contributed by atoms with Gasteiger partial charge in [0.05, 0.1) is 20.1 Å². The predicted octanol–water partition coefficient (Wildman–Crippen LogP) is 4.69. The van der Waals surface area contributed by atoms with E-state index in [1.165, 1.54) is 5.69 Å². The third-order valence-corrected chi connectivity index (χ3v) is 5.57. The smallest absolute Gasteiger partial charge is 0.309 e. The Morgan fingerprint density at radius 1 is 1.14 bits per heavy atom. The zero-order valence-electron chi connectivity index (χ0n) is 15.9. The average Bonchev–Trinajstić information content (AvgIpc) is 3.08. The minimum absolute atomic E-state index is 0.146. The highest BCUT2D eigenvalue weighted by Crippen LogP contribution is 2.38. The highest BCUT2D eigenvalue weighted by molar-refractivity contribution is 6.30. The Labute approximate surface area is 168 Å². The summed E-state index contributed by atoms with van der Waals surface area (Å²) in [5.41, 5.74) is 4.26. The summed E-state index contributed by atoms with van der Waals surface area (Å²) in [6.07, 6.45) is 2.24. The molecule has 2 aromatic carbocycles. The molecule has 0 radical (unpaired) electrons. The topological polar surface area (TPSA) is 60.5 Å². The van der Waals surface area contributed by atoms with E-state index in [9.17, 15) is 4.79 Å². The number of fused-ring (bicyclic) bond motifs is 3. The van der Waals surface area contributed by atoms with Gasteiger partial charge < -0.3 is 19.2 Å². The number of esters is 1. The molecule has 5 nitrogen and oxygen atoms in total. The summed E-state index contributed by atoms with van der Waals surface area (Å²) < 4.78 is 16.4. The van der Waals surface area contributed by atoms with E-state index in [2.05, 4.69) is 4.98 Å². The maximum absolute atomic E-state index is 12.6. The van der Waals surface area contributed by atoms with E-state index in [4.69, 9.17) is 25.8 Å². The number of H-pyrrole nitrogens is 1. The Morgan fingerprint density at radius 2 is 1.86 bits per heavy atom. The van der Waals surface area contributed by atoms with E-state index in [1.54, 1.807) is 26.4 Å². The SMILES string of the molecule is COc1cc2[nH]c3c(c2cc1OC)CC(C(=O)OCc1ccc(Cl)cc1)CC3. The molecule has 0 spiro atoms. The molecule has 1 aromatic heterocycles. The van der Waals surface area contributed by atoms with Gasteiger partial charge in [0.15, 0.2) is 11.5 Å². The lowest BCUT2D eigenvalue weighted by Crippen LogP contribution is -2.24. The predicted molar refractivity (Wildman–Crippen MR) is 108 cm³/mol. The molecule has 0 saturated carbocycles. The van der Waals surface area contributed by atoms with Crippen LogP contribution in [0.15, 0.2) is 36.4 Å². The molecule has 0 amide bonds. The number of rotatable bonds is 5. The number of aromatic amines is 1. The summed E-state index contributed by atoms with van der Waals surface area (Å²) in [6, 6.07) is 11.3. The summed E-state index contributed by atoms with van der Waals surface area (Å²) in [4.78, 5) is 16.1. The fraction of sp³-hybridized carbons (Fsp3) is 0.318. The number of nitrogens with one attached hydrogen (secondary N) is 1. The molecule has 28 heavy (non-hydrogen) atoms. The molecule has 0 saturated heterocycles. The van der Waals surface area contributed by atoms with E-state index < -0.39 is 0 Å². The van der Waals surface area contributed by atoms with Gasteiger partial charge in [-0.2, -0.15) is 0 Å². The van der Waals surface area contributed by atoms with Gasteiger partial charge in [0.1, 0.15) is 6.61 Å². The summed E-state index contributed by atoms with van der Waals surface area (Å²) in [6.45, 7) is 0.262. The molecule has 1 heterocycles. The number of benzene rings is 2. The van der Waals surface area contributed by atoms with Gasteiger partial charge in [0, 0.05) is 27.7 Å². The summed E-state index contributed by atoms with van der Waals surface area (Å²) >= 11 is 5.89. The van der Waals surface area contributed by atoms with Crippen molar-refractivity contribution in [3.05, 3.63) is 58.2 Å². The number of hydrogen-bond acceptors (Lipinski definition) is 4. The molecule has 3 aromatic rings. The fourth-order valence-electron chi connectivity index (χ4n) is 3.80. The number of carbonyl (C=O) groups excluding carboxylic acids is 1. The van der Waals surface area contributed by atoms with Gasteiger partial charge in [-0.25, -0.2) is 0 Å². The average molecular weight is 400 g/mol. The molecule has 1 unspecified atom stereocenters. The van der Waals surface area contributed by atoms with Crippen LogP contribution in [0.25, 0.3) is 10.9 Å². The van der Waals surface area contributed by atoms with Crippen LogP contribution in [0, 0.1) is 5.92 Å². The minimum atomic E-state index is -0.157. The van der Waals surface area contributed by atoms with Gasteiger partial charge >= 0.3 is 5.97 Å². The molecule has 0 fully saturated rings. The second-order valence-electron chi connectivity index (χ2n) is 7.01. The van der Waals surface area contributed by atoms with Crippen LogP contribution in [0.4, 0.5) is 0 Å². The lowest BCUT2D eigenvalue weighted by Gasteiger charge is -2.21. The van der Waals surface area contributed by atoms with Crippen molar-refractivity contribution < 1.29 is 19.0 Å². The quantitative estimate of drug-likeness (QED) is 0.632. The van der Waals surface area contributed by atoms with Crippen LogP contribution in [0.5, 0.6) is 11.5 Å². The van der Waals surface area contributed by atoms with Gasteiger partial charge in [-0.3, -0.25) is 4.79 Å². The van der Waals surface area contributed by atoms with Crippen molar-refractivity contribution in [2.45, 2.75) is 25.9 Å². The monoisotopic (exact) mass is 399 g/mol. The van der Waals surface area contributed by atoms with Crippen molar-refractivity contribution in [2.24, 2.45) is 5.92 Å². The van der Waals surface area contributed by atoms with Crippen LogP contribution in [0.3, 0.4) is 0 Å². The Hall–Kier alpha value is -2.66. The third-order valence-electron chi connectivity index (χ3n) is 5.32. The first-order valence-corrected chi connectivity index (χ1v) is 9.63. The zero-order valence-corrected chi connectivity index (χ0v) is 16.6.